The second-order valence-corrected chi connectivity index (χ2v) is 4.61. The van der Waals surface area contributed by atoms with Gasteiger partial charge in [-0.1, -0.05) is 72.9 Å². The normalized spacial score (nSPS) is 10.5. The molecule has 0 nitrogen and oxygen atoms in total. The summed E-state index contributed by atoms with van der Waals surface area (Å²) in [6.07, 6.45) is 0. The summed E-state index contributed by atoms with van der Waals surface area (Å²) in [5.41, 5.74) is 3.97. The molecule has 0 N–H and O–H groups in total. The molecule has 0 saturated heterocycles. The lowest BCUT2D eigenvalue weighted by atomic mass is 9.73. The first-order valence-electron chi connectivity index (χ1n) is 6.45. The van der Waals surface area contributed by atoms with Gasteiger partial charge in [0.2, 0.25) is 0 Å². The molecule has 0 saturated carbocycles. The van der Waals surface area contributed by atoms with Crippen molar-refractivity contribution in [2.75, 3.05) is 0 Å². The largest absolute Gasteiger partial charge is 0.154 e. The van der Waals surface area contributed by atoms with Crippen LogP contribution in [0.2, 0.25) is 6.82 Å². The molecule has 0 radical (unpaired) electrons. The highest BCUT2D eigenvalue weighted by Gasteiger charge is 1.99. The van der Waals surface area contributed by atoms with Crippen molar-refractivity contribution in [3.8, 4) is 11.1 Å². The lowest BCUT2D eigenvalue weighted by Crippen LogP contribution is -2.08. The molecule has 86 valence electrons. The summed E-state index contributed by atoms with van der Waals surface area (Å²) in [5, 5.41) is 2.60. The summed E-state index contributed by atoms with van der Waals surface area (Å²) in [6, 6.07) is 24.0. The molecular weight excluding hydrogens is 215 g/mol. The van der Waals surface area contributed by atoms with E-state index in [-0.39, 0.29) is 0 Å². The van der Waals surface area contributed by atoms with Gasteiger partial charge in [-0.3, -0.25) is 0 Å². The molecule has 0 unspecified atom stereocenters. The molecule has 0 aliphatic heterocycles. The van der Waals surface area contributed by atoms with E-state index in [2.05, 4.69) is 73.6 Å². The van der Waals surface area contributed by atoms with E-state index in [1.54, 1.807) is 0 Å². The molecule has 0 aliphatic rings. The third kappa shape index (κ3) is 2.04. The van der Waals surface area contributed by atoms with Crippen LogP contribution in [-0.4, -0.2) is 7.28 Å². The van der Waals surface area contributed by atoms with Crippen LogP contribution in [0.3, 0.4) is 0 Å². The second kappa shape index (κ2) is 4.69. The summed E-state index contributed by atoms with van der Waals surface area (Å²) in [6.45, 7) is 2.19. The van der Waals surface area contributed by atoms with Gasteiger partial charge >= 0.3 is 0 Å². The van der Waals surface area contributed by atoms with Crippen molar-refractivity contribution in [3.63, 3.8) is 0 Å². The molecular formula is C17H15B. The molecule has 0 amide bonds. The van der Waals surface area contributed by atoms with Gasteiger partial charge < -0.3 is 0 Å². The van der Waals surface area contributed by atoms with Crippen molar-refractivity contribution < 1.29 is 0 Å². The fraction of sp³-hybridized carbons (Fsp3) is 0.0588. The van der Waals surface area contributed by atoms with E-state index in [1.807, 2.05) is 0 Å². The Morgan fingerprint density at radius 2 is 1.33 bits per heavy atom. The molecule has 0 aromatic heterocycles. The summed E-state index contributed by atoms with van der Waals surface area (Å²) >= 11 is 0. The topological polar surface area (TPSA) is 0 Å². The van der Waals surface area contributed by atoms with Gasteiger partial charge in [0.15, 0.2) is 7.28 Å². The number of rotatable bonds is 2. The molecule has 3 rings (SSSR count). The molecule has 0 heterocycles. The monoisotopic (exact) mass is 230 g/mol. The van der Waals surface area contributed by atoms with Crippen molar-refractivity contribution in [1.29, 1.82) is 0 Å². The molecule has 18 heavy (non-hydrogen) atoms. The van der Waals surface area contributed by atoms with Crippen molar-refractivity contribution >= 4 is 23.5 Å². The summed E-state index contributed by atoms with van der Waals surface area (Å²) in [7, 11) is 1.10. The highest BCUT2D eigenvalue weighted by atomic mass is 14.0. The van der Waals surface area contributed by atoms with E-state index in [9.17, 15) is 0 Å². The van der Waals surface area contributed by atoms with Crippen molar-refractivity contribution in [1.82, 2.24) is 0 Å². The zero-order valence-electron chi connectivity index (χ0n) is 10.6. The average Bonchev–Trinajstić information content (AvgIpc) is 2.47. The van der Waals surface area contributed by atoms with E-state index in [4.69, 9.17) is 0 Å². The first kappa shape index (κ1) is 11.1. The Kier molecular flexibility index (Phi) is 2.89. The fourth-order valence-electron chi connectivity index (χ4n) is 2.30. The van der Waals surface area contributed by atoms with Crippen LogP contribution in [0.1, 0.15) is 0 Å². The molecule has 1 heteroatoms. The minimum atomic E-state index is 1.10. The molecule has 0 aliphatic carbocycles. The Morgan fingerprint density at radius 3 is 2.06 bits per heavy atom. The van der Waals surface area contributed by atoms with Gasteiger partial charge in [0, 0.05) is 0 Å². The van der Waals surface area contributed by atoms with Gasteiger partial charge in [-0.25, -0.2) is 0 Å². The van der Waals surface area contributed by atoms with Crippen LogP contribution in [0.25, 0.3) is 21.9 Å². The third-order valence-corrected chi connectivity index (χ3v) is 3.44. The summed E-state index contributed by atoms with van der Waals surface area (Å²) < 4.78 is 0. The van der Waals surface area contributed by atoms with Crippen LogP contribution >= 0.6 is 0 Å². The Balaban J connectivity index is 2.07. The van der Waals surface area contributed by atoms with Crippen molar-refractivity contribution in [3.05, 3.63) is 66.7 Å². The van der Waals surface area contributed by atoms with E-state index in [1.165, 1.54) is 27.4 Å². The third-order valence-electron chi connectivity index (χ3n) is 3.44. The van der Waals surface area contributed by atoms with Gasteiger partial charge in [-0.2, -0.15) is 0 Å². The fourth-order valence-corrected chi connectivity index (χ4v) is 2.30. The standard InChI is InChI=1S/C17H15B/c1-18-17-10-8-14(9-11-17)16-7-6-13-4-2-3-5-15(13)12-16/h2-12,18H,1H3. The minimum absolute atomic E-state index is 1.10. The molecule has 0 fully saturated rings. The van der Waals surface area contributed by atoms with Crippen LogP contribution in [0.5, 0.6) is 0 Å². The highest BCUT2D eigenvalue weighted by molar-refractivity contribution is 6.51. The van der Waals surface area contributed by atoms with Crippen LogP contribution in [0.15, 0.2) is 66.7 Å². The van der Waals surface area contributed by atoms with Gasteiger partial charge in [0.25, 0.3) is 0 Å². The number of hydrogen-bond acceptors (Lipinski definition) is 0. The quantitative estimate of drug-likeness (QED) is 0.590. The summed E-state index contributed by atoms with van der Waals surface area (Å²) in [5.74, 6) is 0. The smallest absolute Gasteiger partial charge is 0.0849 e. The maximum Gasteiger partial charge on any atom is 0.154 e. The van der Waals surface area contributed by atoms with Crippen molar-refractivity contribution in [2.45, 2.75) is 6.82 Å². The van der Waals surface area contributed by atoms with E-state index < -0.39 is 0 Å². The van der Waals surface area contributed by atoms with Gasteiger partial charge in [-0.05, 0) is 28.0 Å². The lowest BCUT2D eigenvalue weighted by Gasteiger charge is -2.05. The molecule has 0 spiro atoms. The van der Waals surface area contributed by atoms with Gasteiger partial charge in [0.1, 0.15) is 0 Å². The molecule has 0 atom stereocenters. The minimum Gasteiger partial charge on any atom is -0.0849 e. The number of fused-ring (bicyclic) bond motifs is 1. The molecule has 0 bridgehead atoms. The number of benzene rings is 3. The Morgan fingerprint density at radius 1 is 0.667 bits per heavy atom. The SMILES string of the molecule is CBc1ccc(-c2ccc3ccccc3c2)cc1. The Labute approximate surface area is 109 Å². The Hall–Kier alpha value is -2.02. The predicted octanol–water partition coefficient (Wildman–Crippen LogP) is 3.62. The second-order valence-electron chi connectivity index (χ2n) is 4.61. The first-order chi connectivity index (χ1) is 8.86. The van der Waals surface area contributed by atoms with Crippen LogP contribution in [0, 0.1) is 0 Å². The van der Waals surface area contributed by atoms with Crippen LogP contribution < -0.4 is 5.46 Å². The van der Waals surface area contributed by atoms with Gasteiger partial charge in [-0.15, -0.1) is 0 Å². The maximum atomic E-state index is 2.26. The average molecular weight is 230 g/mol. The summed E-state index contributed by atoms with van der Waals surface area (Å²) in [4.78, 5) is 0. The maximum absolute atomic E-state index is 2.26. The highest BCUT2D eigenvalue weighted by Crippen LogP contribution is 2.23. The first-order valence-corrected chi connectivity index (χ1v) is 6.45. The van der Waals surface area contributed by atoms with E-state index in [0.717, 1.165) is 7.28 Å². The van der Waals surface area contributed by atoms with Crippen LogP contribution in [0.4, 0.5) is 0 Å². The Bertz CT molecular complexity index is 669. The lowest BCUT2D eigenvalue weighted by molar-refractivity contribution is 1.66. The van der Waals surface area contributed by atoms with Crippen LogP contribution in [-0.2, 0) is 0 Å². The van der Waals surface area contributed by atoms with Crippen molar-refractivity contribution in [2.24, 2.45) is 0 Å². The molecule has 3 aromatic rings. The van der Waals surface area contributed by atoms with E-state index >= 15 is 0 Å². The zero-order valence-corrected chi connectivity index (χ0v) is 10.6. The van der Waals surface area contributed by atoms with Gasteiger partial charge in [0.05, 0.1) is 0 Å². The van der Waals surface area contributed by atoms with E-state index in [0.29, 0.717) is 0 Å². The molecule has 3 aromatic carbocycles. The zero-order chi connectivity index (χ0) is 12.4. The number of hydrogen-bond donors (Lipinski definition) is 0. The predicted molar refractivity (Wildman–Crippen MR) is 82.0 cm³/mol.